The van der Waals surface area contributed by atoms with Gasteiger partial charge in [0.15, 0.2) is 0 Å². The summed E-state index contributed by atoms with van der Waals surface area (Å²) in [6.45, 7) is 5.43. The van der Waals surface area contributed by atoms with E-state index in [0.717, 1.165) is 0 Å². The number of likely N-dealkylation sites (N-methyl/N-ethyl adjacent to an activating group) is 1. The molecule has 0 fully saturated rings. The lowest BCUT2D eigenvalue weighted by atomic mass is 10.2. The molecule has 0 heterocycles. The van der Waals surface area contributed by atoms with Gasteiger partial charge in [-0.1, -0.05) is 13.8 Å². The monoisotopic (exact) mass is 331 g/mol. The molecule has 0 saturated carbocycles. The highest BCUT2D eigenvalue weighted by Gasteiger charge is 2.14. The minimum atomic E-state index is -0.819. The summed E-state index contributed by atoms with van der Waals surface area (Å²) in [6, 6.07) is 0. The van der Waals surface area contributed by atoms with Gasteiger partial charge in [-0.25, -0.2) is 4.79 Å². The van der Waals surface area contributed by atoms with E-state index in [1.807, 2.05) is 0 Å². The minimum absolute atomic E-state index is 0.0477. The molecule has 0 saturated heterocycles. The molecule has 2 N–H and O–H groups in total. The molecular formula is C14H25N3O6. The van der Waals surface area contributed by atoms with Gasteiger partial charge in [0.25, 0.3) is 0 Å². The maximum absolute atomic E-state index is 11.4. The molecule has 0 spiro atoms. The number of nitrogens with one attached hydrogen (secondary N) is 2. The Labute approximate surface area is 135 Å². The topological polar surface area (TPSA) is 118 Å². The summed E-state index contributed by atoms with van der Waals surface area (Å²) in [5, 5.41) is 9.79. The molecule has 23 heavy (non-hydrogen) atoms. The molecular weight excluding hydrogens is 306 g/mol. The number of carbonyl (C=O) groups is 3. The summed E-state index contributed by atoms with van der Waals surface area (Å²) in [5.74, 6) is -1.29. The second-order valence-corrected chi connectivity index (χ2v) is 4.95. The Morgan fingerprint density at radius 1 is 1.13 bits per heavy atom. The number of hydrogen-bond donors (Lipinski definition) is 2. The molecule has 0 aromatic heterocycles. The van der Waals surface area contributed by atoms with Gasteiger partial charge >= 0.3 is 18.0 Å². The van der Waals surface area contributed by atoms with Crippen LogP contribution in [-0.4, -0.2) is 62.3 Å². The van der Waals surface area contributed by atoms with Gasteiger partial charge in [-0.05, 0) is 6.92 Å². The Kier molecular flexibility index (Phi) is 10.1. The van der Waals surface area contributed by atoms with Gasteiger partial charge in [0, 0.05) is 13.5 Å². The quantitative estimate of drug-likeness (QED) is 0.221. The molecule has 132 valence electrons. The van der Waals surface area contributed by atoms with Crippen molar-refractivity contribution in [3.8, 4) is 0 Å². The molecule has 0 aliphatic rings. The highest BCUT2D eigenvalue weighted by atomic mass is 16.6. The van der Waals surface area contributed by atoms with Crippen LogP contribution in [0.3, 0.4) is 0 Å². The van der Waals surface area contributed by atoms with Gasteiger partial charge in [-0.3, -0.25) is 20.3 Å². The van der Waals surface area contributed by atoms with E-state index in [4.69, 9.17) is 19.6 Å². The van der Waals surface area contributed by atoms with Gasteiger partial charge in [0.2, 0.25) is 5.96 Å². The lowest BCUT2D eigenvalue weighted by Gasteiger charge is -2.18. The molecule has 0 aliphatic heterocycles. The predicted octanol–water partition coefficient (Wildman–Crippen LogP) is 0.732. The second kappa shape index (κ2) is 11.3. The van der Waals surface area contributed by atoms with Crippen molar-refractivity contribution in [2.24, 2.45) is 5.92 Å². The SMILES string of the molecule is CCOC(=O)CN(C)C(=N)NC(=O)OCCCOC(=O)C(C)C. The molecule has 0 bridgehead atoms. The normalized spacial score (nSPS) is 9.96. The van der Waals surface area contributed by atoms with Crippen LogP contribution in [0.2, 0.25) is 0 Å². The smallest absolute Gasteiger partial charge is 0.413 e. The van der Waals surface area contributed by atoms with E-state index in [1.165, 1.54) is 11.9 Å². The van der Waals surface area contributed by atoms with Crippen molar-refractivity contribution < 1.29 is 28.6 Å². The van der Waals surface area contributed by atoms with Crippen molar-refractivity contribution in [3.05, 3.63) is 0 Å². The van der Waals surface area contributed by atoms with Crippen LogP contribution in [0.1, 0.15) is 27.2 Å². The van der Waals surface area contributed by atoms with E-state index in [9.17, 15) is 14.4 Å². The third-order valence-electron chi connectivity index (χ3n) is 2.51. The lowest BCUT2D eigenvalue weighted by molar-refractivity contribution is -0.147. The summed E-state index contributed by atoms with van der Waals surface area (Å²) in [7, 11) is 1.46. The van der Waals surface area contributed by atoms with E-state index >= 15 is 0 Å². The maximum atomic E-state index is 11.4. The lowest BCUT2D eigenvalue weighted by Crippen LogP contribution is -2.44. The van der Waals surface area contributed by atoms with Gasteiger partial charge in [-0.15, -0.1) is 0 Å². The van der Waals surface area contributed by atoms with Gasteiger partial charge in [0.05, 0.1) is 25.7 Å². The Morgan fingerprint density at radius 2 is 1.74 bits per heavy atom. The molecule has 0 radical (unpaired) electrons. The molecule has 0 rings (SSSR count). The van der Waals surface area contributed by atoms with Crippen molar-refractivity contribution in [3.63, 3.8) is 0 Å². The zero-order valence-corrected chi connectivity index (χ0v) is 14.0. The molecule has 1 amide bonds. The molecule has 0 aliphatic carbocycles. The summed E-state index contributed by atoms with van der Waals surface area (Å²) in [5.41, 5.74) is 0. The third-order valence-corrected chi connectivity index (χ3v) is 2.51. The van der Waals surface area contributed by atoms with Crippen molar-refractivity contribution in [2.75, 3.05) is 33.4 Å². The number of alkyl carbamates (subject to hydrolysis) is 1. The Morgan fingerprint density at radius 3 is 2.30 bits per heavy atom. The summed E-state index contributed by atoms with van der Waals surface area (Å²) in [4.78, 5) is 35.1. The van der Waals surface area contributed by atoms with Crippen LogP contribution in [0.25, 0.3) is 0 Å². The molecule has 0 aromatic carbocycles. The average Bonchev–Trinajstić information content (AvgIpc) is 2.46. The summed E-state index contributed by atoms with van der Waals surface area (Å²) in [6.07, 6.45) is -0.460. The van der Waals surface area contributed by atoms with Crippen molar-refractivity contribution in [1.82, 2.24) is 10.2 Å². The van der Waals surface area contributed by atoms with Crippen LogP contribution in [0.15, 0.2) is 0 Å². The van der Waals surface area contributed by atoms with Crippen LogP contribution in [0, 0.1) is 11.3 Å². The second-order valence-electron chi connectivity index (χ2n) is 4.95. The number of nitrogens with zero attached hydrogens (tertiary/aromatic N) is 1. The number of amides is 1. The first-order valence-electron chi connectivity index (χ1n) is 7.33. The van der Waals surface area contributed by atoms with Crippen molar-refractivity contribution in [1.29, 1.82) is 5.41 Å². The molecule has 0 unspecified atom stereocenters. The Hall–Kier alpha value is -2.32. The number of carbonyl (C=O) groups excluding carboxylic acids is 3. The largest absolute Gasteiger partial charge is 0.465 e. The standard InChI is InChI=1S/C14H25N3O6/c1-5-21-11(18)9-17(4)13(15)16-14(20)23-8-6-7-22-12(19)10(2)3/h10H,5-9H2,1-4H3,(H2,15,16,20). The third kappa shape index (κ3) is 10.1. The van der Waals surface area contributed by atoms with Crippen molar-refractivity contribution >= 4 is 24.0 Å². The first kappa shape index (κ1) is 20.7. The fourth-order valence-electron chi connectivity index (χ4n) is 1.27. The number of esters is 2. The van der Waals surface area contributed by atoms with Crippen LogP contribution in [0.5, 0.6) is 0 Å². The molecule has 9 heteroatoms. The molecule has 0 aromatic rings. The van der Waals surface area contributed by atoms with E-state index in [-0.39, 0.29) is 44.2 Å². The van der Waals surface area contributed by atoms with Crippen LogP contribution >= 0.6 is 0 Å². The first-order chi connectivity index (χ1) is 10.8. The van der Waals surface area contributed by atoms with Gasteiger partial charge in [0.1, 0.15) is 6.54 Å². The minimum Gasteiger partial charge on any atom is -0.465 e. The number of rotatable bonds is 8. The van der Waals surface area contributed by atoms with E-state index in [0.29, 0.717) is 6.42 Å². The van der Waals surface area contributed by atoms with E-state index in [1.54, 1.807) is 20.8 Å². The Bertz CT molecular complexity index is 425. The van der Waals surface area contributed by atoms with E-state index < -0.39 is 12.1 Å². The fourth-order valence-corrected chi connectivity index (χ4v) is 1.27. The highest BCUT2D eigenvalue weighted by molar-refractivity contribution is 5.93. The average molecular weight is 331 g/mol. The predicted molar refractivity (Wildman–Crippen MR) is 81.9 cm³/mol. The highest BCUT2D eigenvalue weighted by Crippen LogP contribution is 1.97. The maximum Gasteiger partial charge on any atom is 0.413 e. The van der Waals surface area contributed by atoms with Gasteiger partial charge in [-0.2, -0.15) is 0 Å². The first-order valence-corrected chi connectivity index (χ1v) is 7.33. The Balaban J connectivity index is 3.86. The number of guanidine groups is 1. The van der Waals surface area contributed by atoms with E-state index in [2.05, 4.69) is 5.32 Å². The van der Waals surface area contributed by atoms with Crippen molar-refractivity contribution in [2.45, 2.75) is 27.2 Å². The number of ether oxygens (including phenoxy) is 3. The van der Waals surface area contributed by atoms with Crippen LogP contribution in [-0.2, 0) is 23.8 Å². The van der Waals surface area contributed by atoms with Crippen LogP contribution in [0.4, 0.5) is 4.79 Å². The zero-order valence-electron chi connectivity index (χ0n) is 14.0. The van der Waals surface area contributed by atoms with Crippen LogP contribution < -0.4 is 5.32 Å². The number of hydrogen-bond acceptors (Lipinski definition) is 7. The fraction of sp³-hybridized carbons (Fsp3) is 0.714. The summed E-state index contributed by atoms with van der Waals surface area (Å²) >= 11 is 0. The van der Waals surface area contributed by atoms with Gasteiger partial charge < -0.3 is 19.1 Å². The molecule has 9 nitrogen and oxygen atoms in total. The zero-order chi connectivity index (χ0) is 17.8. The molecule has 0 atom stereocenters. The summed E-state index contributed by atoms with van der Waals surface area (Å²) < 4.78 is 14.5.